The average molecular weight is 344 g/mol. The topological polar surface area (TPSA) is 42.0 Å². The maximum Gasteiger partial charge on any atom is 0.257 e. The summed E-state index contributed by atoms with van der Waals surface area (Å²) < 4.78 is 26.4. The Morgan fingerprint density at radius 2 is 1.88 bits per heavy atom. The number of nitrogens with one attached hydrogen (secondary N) is 1. The second kappa shape index (κ2) is 6.88. The Labute approximate surface area is 142 Å². The fourth-order valence-electron chi connectivity index (χ4n) is 2.35. The number of nitrogens with zero attached hydrogens (tertiary/aromatic N) is 1. The summed E-state index contributed by atoms with van der Waals surface area (Å²) in [5, 5.41) is 3.20. The van der Waals surface area contributed by atoms with Crippen LogP contribution in [0.2, 0.25) is 0 Å². The van der Waals surface area contributed by atoms with Crippen LogP contribution < -0.4 is 5.32 Å². The number of anilines is 1. The Balaban J connectivity index is 1.71. The molecule has 0 fully saturated rings. The van der Waals surface area contributed by atoms with Gasteiger partial charge in [0.25, 0.3) is 5.91 Å². The van der Waals surface area contributed by atoms with Gasteiger partial charge in [-0.2, -0.15) is 0 Å². The van der Waals surface area contributed by atoms with Crippen LogP contribution in [0.5, 0.6) is 0 Å². The molecule has 6 heteroatoms. The first-order chi connectivity index (χ1) is 11.5. The first-order valence-corrected chi connectivity index (χ1v) is 8.09. The fourth-order valence-corrected chi connectivity index (χ4v) is 3.20. The van der Waals surface area contributed by atoms with E-state index in [1.807, 2.05) is 19.1 Å². The van der Waals surface area contributed by atoms with Crippen LogP contribution in [0.1, 0.15) is 26.4 Å². The Morgan fingerprint density at radius 1 is 1.17 bits per heavy atom. The first kappa shape index (κ1) is 16.3. The van der Waals surface area contributed by atoms with Crippen LogP contribution in [0.3, 0.4) is 0 Å². The summed E-state index contributed by atoms with van der Waals surface area (Å²) in [5.74, 6) is -1.45. The van der Waals surface area contributed by atoms with Gasteiger partial charge in [0.2, 0.25) is 0 Å². The van der Waals surface area contributed by atoms with Gasteiger partial charge >= 0.3 is 0 Å². The minimum Gasteiger partial charge on any atom is -0.298 e. The number of benzene rings is 2. The third-order valence-corrected chi connectivity index (χ3v) is 4.38. The van der Waals surface area contributed by atoms with Gasteiger partial charge in [0, 0.05) is 29.1 Å². The lowest BCUT2D eigenvalue weighted by Gasteiger charge is -2.04. The summed E-state index contributed by atoms with van der Waals surface area (Å²) >= 11 is 1.28. The smallest absolute Gasteiger partial charge is 0.257 e. The molecule has 0 saturated carbocycles. The summed E-state index contributed by atoms with van der Waals surface area (Å²) in [5.41, 5.74) is 1.98. The van der Waals surface area contributed by atoms with Gasteiger partial charge in [0.1, 0.15) is 11.6 Å². The van der Waals surface area contributed by atoms with Crippen molar-refractivity contribution in [3.63, 3.8) is 0 Å². The maximum atomic E-state index is 13.2. The molecule has 3 nitrogen and oxygen atoms in total. The molecule has 3 rings (SSSR count). The average Bonchev–Trinajstić information content (AvgIpc) is 2.93. The van der Waals surface area contributed by atoms with E-state index in [1.54, 1.807) is 18.3 Å². The van der Waals surface area contributed by atoms with E-state index in [4.69, 9.17) is 0 Å². The highest BCUT2D eigenvalue weighted by Crippen LogP contribution is 2.23. The lowest BCUT2D eigenvalue weighted by Crippen LogP contribution is -2.12. The lowest BCUT2D eigenvalue weighted by molar-refractivity contribution is 0.102. The van der Waals surface area contributed by atoms with Gasteiger partial charge in [-0.3, -0.25) is 10.1 Å². The van der Waals surface area contributed by atoms with Crippen LogP contribution in [0.4, 0.5) is 13.9 Å². The number of halogens is 2. The van der Waals surface area contributed by atoms with E-state index in [0.717, 1.165) is 16.5 Å². The number of aromatic nitrogens is 1. The number of carbonyl (C=O) groups is 1. The molecule has 1 amide bonds. The SMILES string of the molecule is Cc1ccccc1C(=O)Nc1ncc(Cc2cc(F)cc(F)c2)s1. The Bertz CT molecular complexity index is 872. The molecule has 0 aliphatic carbocycles. The van der Waals surface area contributed by atoms with E-state index >= 15 is 0 Å². The molecule has 3 aromatic rings. The van der Waals surface area contributed by atoms with Crippen LogP contribution >= 0.6 is 11.3 Å². The summed E-state index contributed by atoms with van der Waals surface area (Å²) in [6.07, 6.45) is 1.95. The van der Waals surface area contributed by atoms with Crippen molar-refractivity contribution in [2.45, 2.75) is 13.3 Å². The molecular formula is C18H14F2N2OS. The number of hydrogen-bond acceptors (Lipinski definition) is 3. The Hall–Kier alpha value is -2.60. The van der Waals surface area contributed by atoms with Crippen molar-refractivity contribution in [1.29, 1.82) is 0 Å². The van der Waals surface area contributed by atoms with Crippen molar-refractivity contribution in [2.24, 2.45) is 0 Å². The standard InChI is InChI=1S/C18H14F2N2OS/c1-11-4-2-3-5-16(11)17(23)22-18-21-10-15(24-18)8-12-6-13(19)9-14(20)7-12/h2-7,9-10H,8H2,1H3,(H,21,22,23). The predicted octanol–water partition coefficient (Wildman–Crippen LogP) is 4.57. The fraction of sp³-hybridized carbons (Fsp3) is 0.111. The normalized spacial score (nSPS) is 10.6. The van der Waals surface area contributed by atoms with Gasteiger partial charge in [0.05, 0.1) is 0 Å². The minimum atomic E-state index is -0.609. The quantitative estimate of drug-likeness (QED) is 0.753. The van der Waals surface area contributed by atoms with Crippen LogP contribution in [0, 0.1) is 18.6 Å². The predicted molar refractivity (Wildman–Crippen MR) is 90.4 cm³/mol. The van der Waals surface area contributed by atoms with Crippen LogP contribution in [-0.4, -0.2) is 10.9 Å². The Kier molecular flexibility index (Phi) is 4.66. The molecule has 0 radical (unpaired) electrons. The van der Waals surface area contributed by atoms with Gasteiger partial charge in [-0.25, -0.2) is 13.8 Å². The zero-order chi connectivity index (χ0) is 17.1. The number of thiazole rings is 1. The summed E-state index contributed by atoms with van der Waals surface area (Å²) in [4.78, 5) is 17.2. The second-order valence-electron chi connectivity index (χ2n) is 5.36. The number of rotatable bonds is 4. The molecular weight excluding hydrogens is 330 g/mol. The summed E-state index contributed by atoms with van der Waals surface area (Å²) in [6.45, 7) is 1.86. The molecule has 24 heavy (non-hydrogen) atoms. The molecule has 0 atom stereocenters. The van der Waals surface area contributed by atoms with Crippen molar-refractivity contribution in [3.8, 4) is 0 Å². The van der Waals surface area contributed by atoms with Gasteiger partial charge in [-0.1, -0.05) is 18.2 Å². The highest BCUT2D eigenvalue weighted by Gasteiger charge is 2.11. The number of amides is 1. The van der Waals surface area contributed by atoms with Crippen molar-refractivity contribution < 1.29 is 13.6 Å². The van der Waals surface area contributed by atoms with Crippen molar-refractivity contribution in [1.82, 2.24) is 4.98 Å². The zero-order valence-corrected chi connectivity index (χ0v) is 13.7. The molecule has 0 bridgehead atoms. The molecule has 0 saturated heterocycles. The molecule has 2 aromatic carbocycles. The number of aryl methyl sites for hydroxylation is 1. The molecule has 0 aliphatic rings. The van der Waals surface area contributed by atoms with Crippen LogP contribution in [0.25, 0.3) is 0 Å². The summed E-state index contributed by atoms with van der Waals surface area (Å²) in [6, 6.07) is 10.7. The van der Waals surface area contributed by atoms with Gasteiger partial charge in [0.15, 0.2) is 5.13 Å². The molecule has 1 N–H and O–H groups in total. The van der Waals surface area contributed by atoms with Gasteiger partial charge in [-0.05, 0) is 36.2 Å². The van der Waals surface area contributed by atoms with Crippen LogP contribution in [-0.2, 0) is 6.42 Å². The van der Waals surface area contributed by atoms with E-state index in [1.165, 1.54) is 23.5 Å². The molecule has 0 unspecified atom stereocenters. The third kappa shape index (κ3) is 3.83. The monoisotopic (exact) mass is 344 g/mol. The van der Waals surface area contributed by atoms with E-state index in [2.05, 4.69) is 10.3 Å². The van der Waals surface area contributed by atoms with Gasteiger partial charge < -0.3 is 0 Å². The van der Waals surface area contributed by atoms with Gasteiger partial charge in [-0.15, -0.1) is 11.3 Å². The third-order valence-electron chi connectivity index (χ3n) is 3.46. The zero-order valence-electron chi connectivity index (χ0n) is 12.8. The summed E-state index contributed by atoms with van der Waals surface area (Å²) in [7, 11) is 0. The van der Waals surface area contributed by atoms with Crippen molar-refractivity contribution >= 4 is 22.4 Å². The van der Waals surface area contributed by atoms with E-state index in [9.17, 15) is 13.6 Å². The Morgan fingerprint density at radius 3 is 2.58 bits per heavy atom. The van der Waals surface area contributed by atoms with E-state index < -0.39 is 11.6 Å². The first-order valence-electron chi connectivity index (χ1n) is 7.28. The number of hydrogen-bond donors (Lipinski definition) is 1. The lowest BCUT2D eigenvalue weighted by atomic mass is 10.1. The number of carbonyl (C=O) groups excluding carboxylic acids is 1. The largest absolute Gasteiger partial charge is 0.298 e. The molecule has 122 valence electrons. The van der Waals surface area contributed by atoms with E-state index in [-0.39, 0.29) is 5.91 Å². The highest BCUT2D eigenvalue weighted by atomic mass is 32.1. The molecule has 0 aliphatic heterocycles. The minimum absolute atomic E-state index is 0.231. The van der Waals surface area contributed by atoms with Crippen LogP contribution in [0.15, 0.2) is 48.7 Å². The highest BCUT2D eigenvalue weighted by molar-refractivity contribution is 7.15. The van der Waals surface area contributed by atoms with Crippen molar-refractivity contribution in [3.05, 3.63) is 81.9 Å². The van der Waals surface area contributed by atoms with Crippen molar-refractivity contribution in [2.75, 3.05) is 5.32 Å². The molecule has 1 aromatic heterocycles. The second-order valence-corrected chi connectivity index (χ2v) is 6.47. The maximum absolute atomic E-state index is 13.2. The molecule has 0 spiro atoms. The van der Waals surface area contributed by atoms with E-state index in [0.29, 0.717) is 22.7 Å². The molecule has 1 heterocycles.